The lowest BCUT2D eigenvalue weighted by Gasteiger charge is -2.13. The van der Waals surface area contributed by atoms with Crippen LogP contribution < -0.4 is 11.1 Å². The number of carbonyl (C=O) groups excluding carboxylic acids is 1. The predicted octanol–water partition coefficient (Wildman–Crippen LogP) is 2.48. The molecule has 0 aromatic carbocycles. The molecule has 0 unspecified atom stereocenters. The van der Waals surface area contributed by atoms with Crippen LogP contribution in [0.4, 0.5) is 5.13 Å². The highest BCUT2D eigenvalue weighted by Gasteiger charge is 2.26. The molecule has 1 amide bonds. The van der Waals surface area contributed by atoms with E-state index in [4.69, 9.17) is 5.73 Å². The second-order valence-electron chi connectivity index (χ2n) is 5.70. The zero-order valence-corrected chi connectivity index (χ0v) is 12.0. The largest absolute Gasteiger partial charge is 0.327 e. The number of aromatic nitrogens is 1. The molecule has 0 spiro atoms. The molecule has 2 aliphatic rings. The number of rotatable bonds is 3. The number of amides is 1. The number of nitrogens with two attached hydrogens (primary N) is 1. The van der Waals surface area contributed by atoms with Crippen LogP contribution in [0, 0.1) is 5.92 Å². The van der Waals surface area contributed by atoms with E-state index in [0.717, 1.165) is 37.2 Å². The van der Waals surface area contributed by atoms with Gasteiger partial charge >= 0.3 is 0 Å². The molecular formula is C14H21N3OS. The number of nitrogens with one attached hydrogen (secondary N) is 1. The Bertz CT molecular complexity index is 448. The Morgan fingerprint density at radius 2 is 2.16 bits per heavy atom. The van der Waals surface area contributed by atoms with E-state index < -0.39 is 0 Å². The van der Waals surface area contributed by atoms with Gasteiger partial charge in [0.15, 0.2) is 5.13 Å². The molecule has 1 fully saturated rings. The smallest absolute Gasteiger partial charge is 0.226 e. The molecule has 5 heteroatoms. The van der Waals surface area contributed by atoms with Crippen molar-refractivity contribution in [1.82, 2.24) is 4.98 Å². The number of hydrogen-bond donors (Lipinski definition) is 2. The molecule has 4 nitrogen and oxygen atoms in total. The van der Waals surface area contributed by atoms with Crippen molar-refractivity contribution in [2.45, 2.75) is 57.4 Å². The van der Waals surface area contributed by atoms with Crippen LogP contribution in [0.1, 0.15) is 49.1 Å². The Labute approximate surface area is 117 Å². The Kier molecular flexibility index (Phi) is 3.84. The summed E-state index contributed by atoms with van der Waals surface area (Å²) in [5.74, 6) is 0.433. The lowest BCUT2D eigenvalue weighted by Crippen LogP contribution is -2.28. The predicted molar refractivity (Wildman–Crippen MR) is 77.3 cm³/mol. The van der Waals surface area contributed by atoms with Crippen molar-refractivity contribution >= 4 is 22.4 Å². The number of carbonyl (C=O) groups is 1. The molecule has 1 heterocycles. The zero-order chi connectivity index (χ0) is 13.2. The van der Waals surface area contributed by atoms with Crippen molar-refractivity contribution in [1.29, 1.82) is 0 Å². The van der Waals surface area contributed by atoms with E-state index in [1.54, 1.807) is 11.3 Å². The third kappa shape index (κ3) is 2.98. The number of hydrogen-bond acceptors (Lipinski definition) is 4. The maximum absolute atomic E-state index is 12.0. The summed E-state index contributed by atoms with van der Waals surface area (Å²) in [6.45, 7) is 0. The van der Waals surface area contributed by atoms with Crippen molar-refractivity contribution in [2.24, 2.45) is 11.7 Å². The van der Waals surface area contributed by atoms with Crippen LogP contribution in [0.15, 0.2) is 0 Å². The minimum Gasteiger partial charge on any atom is -0.327 e. The number of thiazole rings is 1. The minimum atomic E-state index is 0.0773. The topological polar surface area (TPSA) is 68.0 Å². The van der Waals surface area contributed by atoms with Crippen LogP contribution >= 0.6 is 11.3 Å². The third-order valence-electron chi connectivity index (χ3n) is 4.26. The number of fused-ring (bicyclic) bond motifs is 1. The van der Waals surface area contributed by atoms with E-state index in [2.05, 4.69) is 10.3 Å². The van der Waals surface area contributed by atoms with E-state index in [0.29, 0.717) is 12.3 Å². The van der Waals surface area contributed by atoms with Crippen molar-refractivity contribution in [3.63, 3.8) is 0 Å². The van der Waals surface area contributed by atoms with Crippen molar-refractivity contribution in [2.75, 3.05) is 5.32 Å². The Hall–Kier alpha value is -0.940. The Balaban J connectivity index is 1.58. The van der Waals surface area contributed by atoms with Gasteiger partial charge in [0.05, 0.1) is 5.69 Å². The second-order valence-corrected chi connectivity index (χ2v) is 6.79. The minimum absolute atomic E-state index is 0.0773. The van der Waals surface area contributed by atoms with Crippen molar-refractivity contribution in [3.05, 3.63) is 10.6 Å². The van der Waals surface area contributed by atoms with Crippen LogP contribution in [0.5, 0.6) is 0 Å². The van der Waals surface area contributed by atoms with Crippen molar-refractivity contribution in [3.8, 4) is 0 Å². The van der Waals surface area contributed by atoms with E-state index >= 15 is 0 Å². The average Bonchev–Trinajstić information content (AvgIpc) is 2.95. The van der Waals surface area contributed by atoms with Gasteiger partial charge in [0.25, 0.3) is 0 Å². The van der Waals surface area contributed by atoms with Crippen molar-refractivity contribution < 1.29 is 4.79 Å². The fourth-order valence-electron chi connectivity index (χ4n) is 3.13. The quantitative estimate of drug-likeness (QED) is 0.893. The normalized spacial score (nSPS) is 26.2. The highest BCUT2D eigenvalue weighted by Crippen LogP contribution is 2.31. The lowest BCUT2D eigenvalue weighted by atomic mass is 10.00. The Morgan fingerprint density at radius 1 is 1.32 bits per heavy atom. The zero-order valence-electron chi connectivity index (χ0n) is 11.2. The van der Waals surface area contributed by atoms with Gasteiger partial charge in [0.2, 0.25) is 5.91 Å². The molecule has 0 aliphatic heterocycles. The van der Waals surface area contributed by atoms with Gasteiger partial charge in [-0.25, -0.2) is 4.98 Å². The molecule has 2 aliphatic carbocycles. The first-order valence-electron chi connectivity index (χ1n) is 7.26. The average molecular weight is 279 g/mol. The maximum atomic E-state index is 12.0. The molecule has 1 aromatic rings. The van der Waals surface area contributed by atoms with Crippen LogP contribution in [-0.2, 0) is 17.6 Å². The molecule has 2 atom stereocenters. The maximum Gasteiger partial charge on any atom is 0.226 e. The summed E-state index contributed by atoms with van der Waals surface area (Å²) < 4.78 is 0. The summed E-state index contributed by atoms with van der Waals surface area (Å²) in [6.07, 6.45) is 8.51. The van der Waals surface area contributed by atoms with Gasteiger partial charge in [-0.05, 0) is 44.4 Å². The number of anilines is 1. The van der Waals surface area contributed by atoms with E-state index in [1.165, 1.54) is 23.4 Å². The molecule has 1 saturated carbocycles. The van der Waals surface area contributed by atoms with Gasteiger partial charge in [-0.1, -0.05) is 6.42 Å². The molecule has 104 valence electrons. The van der Waals surface area contributed by atoms with E-state index in [9.17, 15) is 4.79 Å². The highest BCUT2D eigenvalue weighted by atomic mass is 32.1. The summed E-state index contributed by atoms with van der Waals surface area (Å²) in [5, 5.41) is 3.74. The van der Waals surface area contributed by atoms with Gasteiger partial charge in [0.1, 0.15) is 0 Å². The number of nitrogens with zero attached hydrogens (tertiary/aromatic N) is 1. The Morgan fingerprint density at radius 3 is 2.89 bits per heavy atom. The number of aryl methyl sites for hydroxylation is 2. The van der Waals surface area contributed by atoms with Gasteiger partial charge in [-0.3, -0.25) is 4.79 Å². The first kappa shape index (κ1) is 13.1. The van der Waals surface area contributed by atoms with Crippen LogP contribution in [-0.4, -0.2) is 16.9 Å². The van der Waals surface area contributed by atoms with Gasteiger partial charge in [-0.15, -0.1) is 11.3 Å². The summed E-state index contributed by atoms with van der Waals surface area (Å²) in [4.78, 5) is 17.9. The van der Waals surface area contributed by atoms with Crippen LogP contribution in [0.2, 0.25) is 0 Å². The molecule has 0 bridgehead atoms. The van der Waals surface area contributed by atoms with E-state index in [-0.39, 0.29) is 11.9 Å². The molecule has 1 aromatic heterocycles. The van der Waals surface area contributed by atoms with E-state index in [1.807, 2.05) is 0 Å². The van der Waals surface area contributed by atoms with Gasteiger partial charge < -0.3 is 11.1 Å². The summed E-state index contributed by atoms with van der Waals surface area (Å²) in [7, 11) is 0. The monoisotopic (exact) mass is 279 g/mol. The molecular weight excluding hydrogens is 258 g/mol. The van der Waals surface area contributed by atoms with Crippen LogP contribution in [0.3, 0.4) is 0 Å². The first-order valence-corrected chi connectivity index (χ1v) is 8.08. The van der Waals surface area contributed by atoms with Gasteiger partial charge in [-0.2, -0.15) is 0 Å². The molecule has 3 rings (SSSR count). The highest BCUT2D eigenvalue weighted by molar-refractivity contribution is 7.15. The second kappa shape index (κ2) is 5.59. The standard InChI is InChI=1S/C14H21N3OS/c15-10-5-3-4-9(10)8-13(18)17-14-16-11-6-1-2-7-12(11)19-14/h9-10H,1-8,15H2,(H,16,17,18)/t9-,10+/m0/s1. The molecule has 0 radical (unpaired) electrons. The lowest BCUT2D eigenvalue weighted by molar-refractivity contribution is -0.117. The molecule has 3 N–H and O–H groups in total. The fourth-order valence-corrected chi connectivity index (χ4v) is 4.20. The SMILES string of the molecule is N[C@@H]1CCC[C@H]1CC(=O)Nc1nc2c(s1)CCCC2. The summed E-state index contributed by atoms with van der Waals surface area (Å²) >= 11 is 1.65. The fraction of sp³-hybridized carbons (Fsp3) is 0.714. The van der Waals surface area contributed by atoms with Gasteiger partial charge in [0, 0.05) is 17.3 Å². The van der Waals surface area contributed by atoms with Crippen LogP contribution in [0.25, 0.3) is 0 Å². The summed E-state index contributed by atoms with van der Waals surface area (Å²) in [5.41, 5.74) is 7.21. The molecule has 0 saturated heterocycles. The third-order valence-corrected chi connectivity index (χ3v) is 5.33. The summed E-state index contributed by atoms with van der Waals surface area (Å²) in [6, 6.07) is 0.204. The first-order chi connectivity index (χ1) is 9.22. The molecule has 19 heavy (non-hydrogen) atoms.